The van der Waals surface area contributed by atoms with E-state index in [9.17, 15) is 0 Å². The molecule has 0 radical (unpaired) electrons. The molecule has 0 spiro atoms. The van der Waals surface area contributed by atoms with Crippen molar-refractivity contribution in [2.45, 2.75) is 31.1 Å². The highest BCUT2D eigenvalue weighted by Gasteiger charge is 2.41. The molecule has 0 bridgehead atoms. The highest BCUT2D eigenvalue weighted by molar-refractivity contribution is 5.13. The standard InChI is InChI=1S/C12H17NO2/c13-12(9-14)6-11(7-12)15-8-10-4-2-1-3-5-10/h1-5,11,14H,6-9,13H2. The van der Waals surface area contributed by atoms with Crippen molar-refractivity contribution in [2.75, 3.05) is 6.61 Å². The SMILES string of the molecule is NC1(CO)CC(OCc2ccccc2)C1. The van der Waals surface area contributed by atoms with Crippen LogP contribution in [-0.4, -0.2) is 23.4 Å². The van der Waals surface area contributed by atoms with Gasteiger partial charge in [0.05, 0.1) is 19.3 Å². The van der Waals surface area contributed by atoms with Crippen molar-refractivity contribution in [2.24, 2.45) is 5.73 Å². The van der Waals surface area contributed by atoms with Gasteiger partial charge in [-0.3, -0.25) is 0 Å². The lowest BCUT2D eigenvalue weighted by molar-refractivity contribution is -0.0664. The zero-order valence-electron chi connectivity index (χ0n) is 8.73. The summed E-state index contributed by atoms with van der Waals surface area (Å²) in [6, 6.07) is 10.1. The second kappa shape index (κ2) is 4.31. The molecule has 0 aromatic heterocycles. The van der Waals surface area contributed by atoms with Gasteiger partial charge in [-0.05, 0) is 18.4 Å². The highest BCUT2D eigenvalue weighted by atomic mass is 16.5. The summed E-state index contributed by atoms with van der Waals surface area (Å²) < 4.78 is 5.67. The lowest BCUT2D eigenvalue weighted by Crippen LogP contribution is -2.57. The predicted octanol–water partition coefficient (Wildman–Crippen LogP) is 1.06. The molecule has 3 heteroatoms. The van der Waals surface area contributed by atoms with E-state index < -0.39 is 0 Å². The summed E-state index contributed by atoms with van der Waals surface area (Å²) >= 11 is 0. The maximum Gasteiger partial charge on any atom is 0.0720 e. The van der Waals surface area contributed by atoms with Crippen molar-refractivity contribution in [3.8, 4) is 0 Å². The zero-order valence-corrected chi connectivity index (χ0v) is 8.73. The minimum atomic E-state index is -0.388. The number of aliphatic hydroxyl groups excluding tert-OH is 1. The second-order valence-electron chi connectivity index (χ2n) is 4.35. The van der Waals surface area contributed by atoms with Gasteiger partial charge in [-0.25, -0.2) is 0 Å². The molecule has 3 N–H and O–H groups in total. The Kier molecular flexibility index (Phi) is 3.05. The van der Waals surface area contributed by atoms with E-state index in [1.54, 1.807) is 0 Å². The largest absolute Gasteiger partial charge is 0.394 e. The number of benzene rings is 1. The molecule has 1 fully saturated rings. The fourth-order valence-electron chi connectivity index (χ4n) is 1.88. The van der Waals surface area contributed by atoms with Gasteiger partial charge in [-0.1, -0.05) is 30.3 Å². The van der Waals surface area contributed by atoms with Gasteiger partial charge < -0.3 is 15.6 Å². The Morgan fingerprint density at radius 1 is 1.33 bits per heavy atom. The quantitative estimate of drug-likeness (QED) is 0.776. The molecule has 0 heterocycles. The fourth-order valence-corrected chi connectivity index (χ4v) is 1.88. The lowest BCUT2D eigenvalue weighted by atomic mass is 9.76. The zero-order chi connectivity index (χ0) is 10.7. The summed E-state index contributed by atoms with van der Waals surface area (Å²) in [7, 11) is 0. The topological polar surface area (TPSA) is 55.5 Å². The number of rotatable bonds is 4. The van der Waals surface area contributed by atoms with Crippen LogP contribution in [0.4, 0.5) is 0 Å². The van der Waals surface area contributed by atoms with E-state index in [0.29, 0.717) is 6.61 Å². The smallest absolute Gasteiger partial charge is 0.0720 e. The summed E-state index contributed by atoms with van der Waals surface area (Å²) in [4.78, 5) is 0. The van der Waals surface area contributed by atoms with Crippen molar-refractivity contribution in [3.63, 3.8) is 0 Å². The molecule has 1 aromatic rings. The van der Waals surface area contributed by atoms with Crippen LogP contribution in [0.1, 0.15) is 18.4 Å². The van der Waals surface area contributed by atoms with Gasteiger partial charge in [-0.2, -0.15) is 0 Å². The number of aliphatic hydroxyl groups is 1. The maximum absolute atomic E-state index is 8.97. The third-order valence-electron chi connectivity index (χ3n) is 2.91. The van der Waals surface area contributed by atoms with Gasteiger partial charge in [0, 0.05) is 5.54 Å². The normalized spacial score (nSPS) is 29.9. The third-order valence-corrected chi connectivity index (χ3v) is 2.91. The number of nitrogens with two attached hydrogens (primary N) is 1. The summed E-state index contributed by atoms with van der Waals surface area (Å²) in [5.74, 6) is 0. The minimum Gasteiger partial charge on any atom is -0.394 e. The Morgan fingerprint density at radius 3 is 2.60 bits per heavy atom. The average molecular weight is 207 g/mol. The van der Waals surface area contributed by atoms with Gasteiger partial charge >= 0.3 is 0 Å². The fraction of sp³-hybridized carbons (Fsp3) is 0.500. The van der Waals surface area contributed by atoms with Crippen LogP contribution >= 0.6 is 0 Å². The average Bonchev–Trinajstić information content (AvgIpc) is 2.24. The van der Waals surface area contributed by atoms with Gasteiger partial charge in [0.1, 0.15) is 0 Å². The van der Waals surface area contributed by atoms with Crippen LogP contribution in [0.5, 0.6) is 0 Å². The van der Waals surface area contributed by atoms with Crippen LogP contribution in [0.15, 0.2) is 30.3 Å². The number of hydrogen-bond donors (Lipinski definition) is 2. The molecule has 0 unspecified atom stereocenters. The summed E-state index contributed by atoms with van der Waals surface area (Å²) in [6.45, 7) is 0.686. The van der Waals surface area contributed by atoms with E-state index in [1.165, 1.54) is 5.56 Å². The van der Waals surface area contributed by atoms with Gasteiger partial charge in [0.2, 0.25) is 0 Å². The molecular formula is C12H17NO2. The van der Waals surface area contributed by atoms with Crippen LogP contribution < -0.4 is 5.73 Å². The molecule has 0 atom stereocenters. The first-order valence-corrected chi connectivity index (χ1v) is 5.27. The van der Waals surface area contributed by atoms with Crippen LogP contribution in [0.25, 0.3) is 0 Å². The number of ether oxygens (including phenoxy) is 1. The Labute approximate surface area is 89.9 Å². The van der Waals surface area contributed by atoms with Crippen LogP contribution in [0.2, 0.25) is 0 Å². The van der Waals surface area contributed by atoms with Crippen LogP contribution in [0.3, 0.4) is 0 Å². The van der Waals surface area contributed by atoms with E-state index in [1.807, 2.05) is 30.3 Å². The Morgan fingerprint density at radius 2 is 2.00 bits per heavy atom. The summed E-state index contributed by atoms with van der Waals surface area (Å²) in [6.07, 6.45) is 1.73. The molecule has 1 aromatic carbocycles. The van der Waals surface area contributed by atoms with Crippen LogP contribution in [0, 0.1) is 0 Å². The molecule has 3 nitrogen and oxygen atoms in total. The van der Waals surface area contributed by atoms with E-state index in [0.717, 1.165) is 12.8 Å². The van der Waals surface area contributed by atoms with Gasteiger partial charge in [0.25, 0.3) is 0 Å². The number of hydrogen-bond acceptors (Lipinski definition) is 3. The van der Waals surface area contributed by atoms with E-state index in [-0.39, 0.29) is 18.2 Å². The maximum atomic E-state index is 8.97. The first-order valence-electron chi connectivity index (χ1n) is 5.27. The van der Waals surface area contributed by atoms with Crippen molar-refractivity contribution in [1.82, 2.24) is 0 Å². The van der Waals surface area contributed by atoms with E-state index in [2.05, 4.69) is 0 Å². The Hall–Kier alpha value is -0.900. The van der Waals surface area contributed by atoms with Crippen LogP contribution in [-0.2, 0) is 11.3 Å². The molecule has 2 rings (SSSR count). The molecule has 0 saturated heterocycles. The van der Waals surface area contributed by atoms with Gasteiger partial charge in [0.15, 0.2) is 0 Å². The molecule has 1 aliphatic rings. The summed E-state index contributed by atoms with van der Waals surface area (Å²) in [5.41, 5.74) is 6.62. The molecule has 82 valence electrons. The monoisotopic (exact) mass is 207 g/mol. The first kappa shape index (κ1) is 10.6. The third kappa shape index (κ3) is 2.56. The van der Waals surface area contributed by atoms with Gasteiger partial charge in [-0.15, -0.1) is 0 Å². The molecule has 0 aliphatic heterocycles. The van der Waals surface area contributed by atoms with Crippen molar-refractivity contribution >= 4 is 0 Å². The lowest BCUT2D eigenvalue weighted by Gasteiger charge is -2.43. The Balaban J connectivity index is 1.73. The van der Waals surface area contributed by atoms with E-state index >= 15 is 0 Å². The summed E-state index contributed by atoms with van der Waals surface area (Å²) in [5, 5.41) is 8.97. The minimum absolute atomic E-state index is 0.0538. The molecule has 0 amide bonds. The molecule has 15 heavy (non-hydrogen) atoms. The highest BCUT2D eigenvalue weighted by Crippen LogP contribution is 2.32. The van der Waals surface area contributed by atoms with Crippen molar-refractivity contribution < 1.29 is 9.84 Å². The molecule has 1 aliphatic carbocycles. The molecule has 1 saturated carbocycles. The Bertz CT molecular complexity index is 307. The second-order valence-corrected chi connectivity index (χ2v) is 4.35. The van der Waals surface area contributed by atoms with E-state index in [4.69, 9.17) is 15.6 Å². The van der Waals surface area contributed by atoms with Crippen molar-refractivity contribution in [3.05, 3.63) is 35.9 Å². The predicted molar refractivity (Wildman–Crippen MR) is 58.3 cm³/mol. The molecular weight excluding hydrogens is 190 g/mol. The first-order chi connectivity index (χ1) is 7.22. The van der Waals surface area contributed by atoms with Crippen molar-refractivity contribution in [1.29, 1.82) is 0 Å².